The number of hydrogen-bond acceptors (Lipinski definition) is 3. The Morgan fingerprint density at radius 2 is 1.62 bits per heavy atom. The molecule has 2 heterocycles. The highest BCUT2D eigenvalue weighted by molar-refractivity contribution is 5.99. The summed E-state index contributed by atoms with van der Waals surface area (Å²) in [5.74, 6) is -0.362. The molecule has 3 aromatic rings. The Kier molecular flexibility index (Phi) is 5.38. The van der Waals surface area contributed by atoms with Crippen LogP contribution in [0, 0.1) is 11.1 Å². The van der Waals surface area contributed by atoms with Gasteiger partial charge in [-0.25, -0.2) is 0 Å². The van der Waals surface area contributed by atoms with Gasteiger partial charge < -0.3 is 10.1 Å². The highest BCUT2D eigenvalue weighted by Gasteiger charge is 2.30. The van der Waals surface area contributed by atoms with E-state index < -0.39 is 0 Å². The van der Waals surface area contributed by atoms with Gasteiger partial charge in [-0.2, -0.15) is 4.73 Å². The smallest absolute Gasteiger partial charge is 0.259 e. The second kappa shape index (κ2) is 8.27. The lowest BCUT2D eigenvalue weighted by Gasteiger charge is -2.32. The van der Waals surface area contributed by atoms with Crippen LogP contribution in [-0.2, 0) is 0 Å². The SMILES string of the molecule is O=C(c1ccc(-c2ccccc2)cc1)C1CCCN(C(=O)c2ccc[n+]([O-])c2)C1. The summed E-state index contributed by atoms with van der Waals surface area (Å²) in [5.41, 5.74) is 3.20. The van der Waals surface area contributed by atoms with Gasteiger partial charge in [0, 0.05) is 30.6 Å². The molecule has 0 N–H and O–H groups in total. The zero-order chi connectivity index (χ0) is 20.2. The van der Waals surface area contributed by atoms with Crippen LogP contribution in [0.2, 0.25) is 0 Å². The van der Waals surface area contributed by atoms with Crippen molar-refractivity contribution >= 4 is 11.7 Å². The third-order valence-corrected chi connectivity index (χ3v) is 5.38. The Bertz CT molecular complexity index is 1020. The first-order chi connectivity index (χ1) is 14.1. The van der Waals surface area contributed by atoms with Gasteiger partial charge in [0.1, 0.15) is 5.56 Å². The fourth-order valence-corrected chi connectivity index (χ4v) is 3.83. The number of Topliss-reactive ketones (excluding diaryl/α,β-unsaturated/α-hetero) is 1. The maximum Gasteiger partial charge on any atom is 0.259 e. The van der Waals surface area contributed by atoms with Crippen LogP contribution < -0.4 is 4.73 Å². The highest BCUT2D eigenvalue weighted by Crippen LogP contribution is 2.24. The van der Waals surface area contributed by atoms with Gasteiger partial charge in [-0.15, -0.1) is 0 Å². The number of carbonyl (C=O) groups is 2. The summed E-state index contributed by atoms with van der Waals surface area (Å²) in [7, 11) is 0. The van der Waals surface area contributed by atoms with Crippen molar-refractivity contribution in [2.45, 2.75) is 12.8 Å². The summed E-state index contributed by atoms with van der Waals surface area (Å²) in [5, 5.41) is 11.5. The Balaban J connectivity index is 1.46. The molecule has 1 amide bonds. The van der Waals surface area contributed by atoms with Gasteiger partial charge in [-0.1, -0.05) is 54.6 Å². The van der Waals surface area contributed by atoms with Gasteiger partial charge in [0.25, 0.3) is 5.91 Å². The largest absolute Gasteiger partial charge is 0.619 e. The molecule has 1 saturated heterocycles. The molecule has 29 heavy (non-hydrogen) atoms. The molecule has 1 atom stereocenters. The van der Waals surface area contributed by atoms with E-state index in [9.17, 15) is 14.8 Å². The number of amides is 1. The summed E-state index contributed by atoms with van der Waals surface area (Å²) in [6.07, 6.45) is 4.16. The van der Waals surface area contributed by atoms with Gasteiger partial charge in [0.2, 0.25) is 0 Å². The second-order valence-corrected chi connectivity index (χ2v) is 7.35. The average molecular weight is 386 g/mol. The number of pyridine rings is 1. The minimum atomic E-state index is -0.224. The third kappa shape index (κ3) is 4.19. The van der Waals surface area contributed by atoms with Crippen LogP contribution in [-0.4, -0.2) is 29.7 Å². The van der Waals surface area contributed by atoms with E-state index in [2.05, 4.69) is 0 Å². The van der Waals surface area contributed by atoms with Crippen LogP contribution in [0.15, 0.2) is 79.1 Å². The van der Waals surface area contributed by atoms with Crippen LogP contribution in [0.25, 0.3) is 11.1 Å². The van der Waals surface area contributed by atoms with E-state index in [0.717, 1.165) is 24.0 Å². The molecule has 1 aliphatic rings. The predicted molar refractivity (Wildman–Crippen MR) is 110 cm³/mol. The molecule has 1 aliphatic heterocycles. The van der Waals surface area contributed by atoms with E-state index >= 15 is 0 Å². The minimum absolute atomic E-state index is 0.0639. The molecular formula is C24H22N2O3. The predicted octanol–water partition coefficient (Wildman–Crippen LogP) is 3.72. The lowest BCUT2D eigenvalue weighted by molar-refractivity contribution is -0.605. The Morgan fingerprint density at radius 3 is 2.34 bits per heavy atom. The van der Waals surface area contributed by atoms with Crippen molar-refractivity contribution in [3.05, 3.63) is 95.5 Å². The fourth-order valence-electron chi connectivity index (χ4n) is 3.83. The Hall–Kier alpha value is -3.47. The maximum atomic E-state index is 13.0. The molecule has 0 aliphatic carbocycles. The van der Waals surface area contributed by atoms with Gasteiger partial charge in [0.15, 0.2) is 18.2 Å². The van der Waals surface area contributed by atoms with Gasteiger partial charge >= 0.3 is 0 Å². The maximum absolute atomic E-state index is 13.0. The molecule has 1 fully saturated rings. The molecule has 1 unspecified atom stereocenters. The number of ketones is 1. The first-order valence-electron chi connectivity index (χ1n) is 9.79. The van der Waals surface area contributed by atoms with E-state index in [1.807, 2.05) is 54.6 Å². The van der Waals surface area contributed by atoms with Crippen LogP contribution in [0.1, 0.15) is 33.6 Å². The van der Waals surface area contributed by atoms with Crippen molar-refractivity contribution in [1.29, 1.82) is 0 Å². The summed E-state index contributed by atoms with van der Waals surface area (Å²) < 4.78 is 0.619. The number of benzene rings is 2. The minimum Gasteiger partial charge on any atom is -0.619 e. The normalized spacial score (nSPS) is 16.4. The summed E-state index contributed by atoms with van der Waals surface area (Å²) >= 11 is 0. The first kappa shape index (κ1) is 18.9. The van der Waals surface area contributed by atoms with Crippen LogP contribution in [0.5, 0.6) is 0 Å². The lowest BCUT2D eigenvalue weighted by Crippen LogP contribution is -2.43. The zero-order valence-electron chi connectivity index (χ0n) is 16.0. The highest BCUT2D eigenvalue weighted by atomic mass is 16.5. The second-order valence-electron chi connectivity index (χ2n) is 7.35. The molecule has 4 rings (SSSR count). The number of likely N-dealkylation sites (tertiary alicyclic amines) is 1. The number of hydrogen-bond donors (Lipinski definition) is 0. The Labute approximate surface area is 169 Å². The monoisotopic (exact) mass is 386 g/mol. The van der Waals surface area contributed by atoms with Crippen LogP contribution in [0.3, 0.4) is 0 Å². The van der Waals surface area contributed by atoms with E-state index in [1.165, 1.54) is 12.4 Å². The van der Waals surface area contributed by atoms with Crippen molar-refractivity contribution in [2.75, 3.05) is 13.1 Å². The van der Waals surface area contributed by atoms with Gasteiger partial charge in [0.05, 0.1) is 0 Å². The van der Waals surface area contributed by atoms with Crippen LogP contribution in [0.4, 0.5) is 0 Å². The number of rotatable bonds is 4. The zero-order valence-corrected chi connectivity index (χ0v) is 16.0. The molecule has 1 aromatic heterocycles. The number of piperidine rings is 1. The third-order valence-electron chi connectivity index (χ3n) is 5.38. The molecule has 0 spiro atoms. The fraction of sp³-hybridized carbons (Fsp3) is 0.208. The summed E-state index contributed by atoms with van der Waals surface area (Å²) in [6, 6.07) is 20.9. The molecule has 5 heteroatoms. The van der Waals surface area contributed by atoms with Crippen molar-refractivity contribution in [3.8, 4) is 11.1 Å². The first-order valence-corrected chi connectivity index (χ1v) is 9.79. The average Bonchev–Trinajstić information content (AvgIpc) is 2.79. The topological polar surface area (TPSA) is 64.3 Å². The van der Waals surface area contributed by atoms with Crippen molar-refractivity contribution in [1.82, 2.24) is 4.90 Å². The van der Waals surface area contributed by atoms with Crippen molar-refractivity contribution < 1.29 is 14.3 Å². The van der Waals surface area contributed by atoms with Gasteiger partial charge in [-0.3, -0.25) is 9.59 Å². The quantitative estimate of drug-likeness (QED) is 0.390. The standard InChI is InChI=1S/C24H22N2O3/c27-23(20-12-10-19(11-13-20)18-6-2-1-3-7-18)21-8-4-14-25(16-21)24(28)22-9-5-15-26(29)17-22/h1-3,5-7,9-13,15,17,21H,4,8,14,16H2. The molecule has 0 bridgehead atoms. The molecule has 0 saturated carbocycles. The van der Waals surface area contributed by atoms with E-state index in [-0.39, 0.29) is 17.6 Å². The van der Waals surface area contributed by atoms with E-state index in [1.54, 1.807) is 17.0 Å². The molecule has 5 nitrogen and oxygen atoms in total. The molecule has 2 aromatic carbocycles. The summed E-state index contributed by atoms with van der Waals surface area (Å²) in [6.45, 7) is 0.981. The molecule has 146 valence electrons. The summed E-state index contributed by atoms with van der Waals surface area (Å²) in [4.78, 5) is 27.4. The lowest BCUT2D eigenvalue weighted by atomic mass is 9.89. The van der Waals surface area contributed by atoms with Crippen LogP contribution >= 0.6 is 0 Å². The molecular weight excluding hydrogens is 364 g/mol. The number of aromatic nitrogens is 1. The molecule has 0 radical (unpaired) electrons. The Morgan fingerprint density at radius 1 is 0.897 bits per heavy atom. The van der Waals surface area contributed by atoms with Gasteiger partial charge in [-0.05, 0) is 30.0 Å². The van der Waals surface area contributed by atoms with E-state index in [4.69, 9.17) is 0 Å². The van der Waals surface area contributed by atoms with E-state index in [0.29, 0.717) is 28.9 Å². The van der Waals surface area contributed by atoms with Crippen molar-refractivity contribution in [3.63, 3.8) is 0 Å². The number of carbonyl (C=O) groups excluding carboxylic acids is 2. The number of nitrogens with zero attached hydrogens (tertiary/aromatic N) is 2. The van der Waals surface area contributed by atoms with Crippen molar-refractivity contribution in [2.24, 2.45) is 5.92 Å².